The first kappa shape index (κ1) is 15.6. The summed E-state index contributed by atoms with van der Waals surface area (Å²) in [5, 5.41) is 0. The zero-order valence-corrected chi connectivity index (χ0v) is 13.6. The van der Waals surface area contributed by atoms with Crippen molar-refractivity contribution < 1.29 is 0 Å². The Hall–Kier alpha value is -1.82. The predicted octanol–water partition coefficient (Wildman–Crippen LogP) is 6.35. The highest BCUT2D eigenvalue weighted by Crippen LogP contribution is 2.30. The number of rotatable bonds is 6. The molecule has 0 N–H and O–H groups in total. The smallest absolute Gasteiger partial charge is 0.0148 e. The second-order valence-corrected chi connectivity index (χ2v) is 5.84. The second-order valence-electron chi connectivity index (χ2n) is 5.84. The summed E-state index contributed by atoms with van der Waals surface area (Å²) in [7, 11) is 0. The quantitative estimate of drug-likeness (QED) is 0.540. The van der Waals surface area contributed by atoms with Gasteiger partial charge in [0.1, 0.15) is 0 Å². The van der Waals surface area contributed by atoms with Crippen LogP contribution >= 0.6 is 0 Å². The average Bonchev–Trinajstić information content (AvgIpc) is 2.48. The minimum atomic E-state index is 1.16. The minimum absolute atomic E-state index is 1.16. The molecule has 0 saturated heterocycles. The zero-order chi connectivity index (χ0) is 15.2. The van der Waals surface area contributed by atoms with E-state index in [1.54, 1.807) is 0 Å². The maximum absolute atomic E-state index is 4.03. The van der Waals surface area contributed by atoms with Crippen LogP contribution in [0, 0.1) is 13.8 Å². The van der Waals surface area contributed by atoms with Crippen molar-refractivity contribution in [2.45, 2.75) is 46.5 Å². The van der Waals surface area contributed by atoms with E-state index >= 15 is 0 Å². The molecular formula is C21H26. The van der Waals surface area contributed by atoms with Gasteiger partial charge in [-0.3, -0.25) is 0 Å². The van der Waals surface area contributed by atoms with Gasteiger partial charge in [-0.25, -0.2) is 0 Å². The van der Waals surface area contributed by atoms with Crippen LogP contribution in [0.15, 0.2) is 43.0 Å². The van der Waals surface area contributed by atoms with Crippen LogP contribution in [-0.4, -0.2) is 0 Å². The second kappa shape index (κ2) is 7.26. The lowest BCUT2D eigenvalue weighted by Crippen LogP contribution is -1.96. The predicted molar refractivity (Wildman–Crippen MR) is 94.7 cm³/mol. The maximum atomic E-state index is 4.03. The molecule has 0 nitrogen and oxygen atoms in total. The van der Waals surface area contributed by atoms with Gasteiger partial charge in [-0.15, -0.1) is 0 Å². The fraction of sp³-hybridized carbons (Fsp3) is 0.333. The zero-order valence-electron chi connectivity index (χ0n) is 13.6. The molecule has 21 heavy (non-hydrogen) atoms. The molecule has 0 aliphatic rings. The molecule has 0 heterocycles. The lowest BCUT2D eigenvalue weighted by Gasteiger charge is -2.14. The third-order valence-electron chi connectivity index (χ3n) is 4.19. The first-order chi connectivity index (χ1) is 10.2. The molecule has 0 radical (unpaired) electrons. The number of aryl methyl sites for hydroxylation is 2. The maximum Gasteiger partial charge on any atom is -0.0148 e. The van der Waals surface area contributed by atoms with Crippen LogP contribution in [0.5, 0.6) is 0 Å². The van der Waals surface area contributed by atoms with Gasteiger partial charge in [0.2, 0.25) is 0 Å². The van der Waals surface area contributed by atoms with Gasteiger partial charge in [-0.1, -0.05) is 74.4 Å². The van der Waals surface area contributed by atoms with E-state index in [0.717, 1.165) is 6.42 Å². The number of hydrogen-bond donors (Lipinski definition) is 0. The Labute approximate surface area is 129 Å². The fourth-order valence-electron chi connectivity index (χ4n) is 2.98. The topological polar surface area (TPSA) is 0 Å². The van der Waals surface area contributed by atoms with Crippen LogP contribution in [-0.2, 0) is 6.42 Å². The van der Waals surface area contributed by atoms with Crippen LogP contribution in [0.1, 0.15) is 48.4 Å². The third-order valence-corrected chi connectivity index (χ3v) is 4.19. The Morgan fingerprint density at radius 2 is 1.86 bits per heavy atom. The van der Waals surface area contributed by atoms with Gasteiger partial charge in [0, 0.05) is 0 Å². The number of hydrogen-bond acceptors (Lipinski definition) is 0. The highest BCUT2D eigenvalue weighted by molar-refractivity contribution is 5.74. The monoisotopic (exact) mass is 278 g/mol. The first-order valence-corrected chi connectivity index (χ1v) is 7.99. The summed E-state index contributed by atoms with van der Waals surface area (Å²) in [5.41, 5.74) is 8.05. The van der Waals surface area contributed by atoms with Crippen LogP contribution in [0.2, 0.25) is 0 Å². The molecule has 0 unspecified atom stereocenters. The Bertz CT molecular complexity index is 620. The number of unbranched alkanes of at least 4 members (excludes halogenated alkanes) is 2. The molecule has 2 aromatic carbocycles. The van der Waals surface area contributed by atoms with Gasteiger partial charge in [0.25, 0.3) is 0 Å². The summed E-state index contributed by atoms with van der Waals surface area (Å²) in [6.45, 7) is 10.6. The van der Waals surface area contributed by atoms with Gasteiger partial charge in [-0.05, 0) is 54.5 Å². The SMILES string of the molecule is C=Cc1c(CCCCC)ccc(-c2cccc(C)c2)c1C. The standard InChI is InChI=1S/C21H26/c1-5-7-8-11-18-13-14-21(17(4)20(18)6-2)19-12-9-10-16(3)15-19/h6,9-10,12-15H,2,5,7-8,11H2,1,3-4H3. The average molecular weight is 278 g/mol. The molecule has 2 aromatic rings. The third kappa shape index (κ3) is 3.64. The molecule has 0 heteroatoms. The van der Waals surface area contributed by atoms with E-state index in [2.05, 4.69) is 63.7 Å². The molecule has 0 spiro atoms. The Morgan fingerprint density at radius 1 is 1.05 bits per heavy atom. The molecule has 0 aliphatic heterocycles. The normalized spacial score (nSPS) is 10.6. The summed E-state index contributed by atoms with van der Waals surface area (Å²) in [4.78, 5) is 0. The van der Waals surface area contributed by atoms with Crippen molar-refractivity contribution >= 4 is 6.08 Å². The van der Waals surface area contributed by atoms with E-state index in [4.69, 9.17) is 0 Å². The number of benzene rings is 2. The molecule has 0 aliphatic carbocycles. The molecule has 0 aromatic heterocycles. The highest BCUT2D eigenvalue weighted by Gasteiger charge is 2.09. The van der Waals surface area contributed by atoms with Crippen molar-refractivity contribution in [3.63, 3.8) is 0 Å². The Kier molecular flexibility index (Phi) is 5.38. The molecular weight excluding hydrogens is 252 g/mol. The van der Waals surface area contributed by atoms with Crippen molar-refractivity contribution in [3.8, 4) is 11.1 Å². The van der Waals surface area contributed by atoms with Gasteiger partial charge in [0.15, 0.2) is 0 Å². The van der Waals surface area contributed by atoms with E-state index in [-0.39, 0.29) is 0 Å². The van der Waals surface area contributed by atoms with Gasteiger partial charge in [0.05, 0.1) is 0 Å². The summed E-state index contributed by atoms with van der Waals surface area (Å²) in [5.74, 6) is 0. The Morgan fingerprint density at radius 3 is 2.52 bits per heavy atom. The van der Waals surface area contributed by atoms with Crippen molar-refractivity contribution in [2.24, 2.45) is 0 Å². The van der Waals surface area contributed by atoms with E-state index in [9.17, 15) is 0 Å². The lowest BCUT2D eigenvalue weighted by atomic mass is 9.90. The summed E-state index contributed by atoms with van der Waals surface area (Å²) < 4.78 is 0. The molecule has 0 atom stereocenters. The fourth-order valence-corrected chi connectivity index (χ4v) is 2.98. The Balaban J connectivity index is 2.39. The van der Waals surface area contributed by atoms with E-state index in [1.165, 1.54) is 52.6 Å². The molecule has 0 fully saturated rings. The van der Waals surface area contributed by atoms with Crippen molar-refractivity contribution in [1.82, 2.24) is 0 Å². The van der Waals surface area contributed by atoms with Crippen molar-refractivity contribution in [1.29, 1.82) is 0 Å². The van der Waals surface area contributed by atoms with Gasteiger partial charge >= 0.3 is 0 Å². The van der Waals surface area contributed by atoms with Gasteiger partial charge in [-0.2, -0.15) is 0 Å². The highest BCUT2D eigenvalue weighted by atomic mass is 14.1. The summed E-state index contributed by atoms with van der Waals surface area (Å²) >= 11 is 0. The van der Waals surface area contributed by atoms with Crippen LogP contribution in [0.4, 0.5) is 0 Å². The minimum Gasteiger partial charge on any atom is -0.0984 e. The van der Waals surface area contributed by atoms with Crippen LogP contribution in [0.3, 0.4) is 0 Å². The molecule has 0 bridgehead atoms. The largest absolute Gasteiger partial charge is 0.0984 e. The van der Waals surface area contributed by atoms with Crippen molar-refractivity contribution in [3.05, 3.63) is 65.2 Å². The van der Waals surface area contributed by atoms with Gasteiger partial charge < -0.3 is 0 Å². The molecule has 110 valence electrons. The van der Waals surface area contributed by atoms with Crippen molar-refractivity contribution in [2.75, 3.05) is 0 Å². The molecule has 0 saturated carbocycles. The first-order valence-electron chi connectivity index (χ1n) is 7.99. The molecule has 2 rings (SSSR count). The van der Waals surface area contributed by atoms with Crippen LogP contribution < -0.4 is 0 Å². The van der Waals surface area contributed by atoms with Crippen LogP contribution in [0.25, 0.3) is 17.2 Å². The van der Waals surface area contributed by atoms with E-state index in [0.29, 0.717) is 0 Å². The summed E-state index contributed by atoms with van der Waals surface area (Å²) in [6.07, 6.45) is 7.01. The van der Waals surface area contributed by atoms with E-state index in [1.807, 2.05) is 6.08 Å². The lowest BCUT2D eigenvalue weighted by molar-refractivity contribution is 0.716. The van der Waals surface area contributed by atoms with E-state index < -0.39 is 0 Å². The molecule has 0 amide bonds. The summed E-state index contributed by atoms with van der Waals surface area (Å²) in [6, 6.07) is 13.3.